The van der Waals surface area contributed by atoms with Crippen molar-refractivity contribution >= 4 is 5.78 Å². The average molecular weight is 271 g/mol. The van der Waals surface area contributed by atoms with Gasteiger partial charge in [0.05, 0.1) is 6.54 Å². The molecule has 0 amide bonds. The molecule has 0 spiro atoms. The van der Waals surface area contributed by atoms with E-state index in [0.717, 1.165) is 31.0 Å². The molecule has 1 heterocycles. The summed E-state index contributed by atoms with van der Waals surface area (Å²) in [5, 5.41) is 0. The first-order chi connectivity index (χ1) is 9.76. The molecule has 1 aromatic carbocycles. The van der Waals surface area contributed by atoms with E-state index in [4.69, 9.17) is 0 Å². The third kappa shape index (κ3) is 2.95. The Morgan fingerprint density at radius 3 is 3.00 bits per heavy atom. The molecule has 3 rings (SSSR count). The SMILES string of the molecule is CCCC1CCN(CC(=O)c2ccc3c(c2)CCC3)C1. The zero-order valence-electron chi connectivity index (χ0n) is 12.5. The quantitative estimate of drug-likeness (QED) is 0.764. The largest absolute Gasteiger partial charge is 0.296 e. The first-order valence-electron chi connectivity index (χ1n) is 8.13. The highest BCUT2D eigenvalue weighted by Gasteiger charge is 2.24. The number of rotatable bonds is 5. The summed E-state index contributed by atoms with van der Waals surface area (Å²) in [6.07, 6.45) is 7.43. The van der Waals surface area contributed by atoms with Gasteiger partial charge < -0.3 is 0 Å². The predicted octanol–water partition coefficient (Wildman–Crippen LogP) is 3.48. The van der Waals surface area contributed by atoms with Gasteiger partial charge in [-0.25, -0.2) is 0 Å². The van der Waals surface area contributed by atoms with E-state index in [0.29, 0.717) is 12.3 Å². The highest BCUT2D eigenvalue weighted by molar-refractivity contribution is 5.97. The van der Waals surface area contributed by atoms with Crippen molar-refractivity contribution in [3.8, 4) is 0 Å². The van der Waals surface area contributed by atoms with Gasteiger partial charge >= 0.3 is 0 Å². The van der Waals surface area contributed by atoms with Gasteiger partial charge in [-0.15, -0.1) is 0 Å². The van der Waals surface area contributed by atoms with Crippen molar-refractivity contribution in [2.45, 2.75) is 45.4 Å². The van der Waals surface area contributed by atoms with E-state index < -0.39 is 0 Å². The van der Waals surface area contributed by atoms with Gasteiger partial charge in [0.1, 0.15) is 0 Å². The Morgan fingerprint density at radius 1 is 1.30 bits per heavy atom. The molecule has 1 fully saturated rings. The van der Waals surface area contributed by atoms with E-state index >= 15 is 0 Å². The minimum absolute atomic E-state index is 0.303. The Bertz CT molecular complexity index is 494. The van der Waals surface area contributed by atoms with Crippen LogP contribution in [0.2, 0.25) is 0 Å². The van der Waals surface area contributed by atoms with E-state index in [9.17, 15) is 4.79 Å². The zero-order chi connectivity index (χ0) is 13.9. The fourth-order valence-electron chi connectivity index (χ4n) is 3.74. The lowest BCUT2D eigenvalue weighted by Crippen LogP contribution is -2.28. The van der Waals surface area contributed by atoms with Crippen molar-refractivity contribution in [1.29, 1.82) is 0 Å². The summed E-state index contributed by atoms with van der Waals surface area (Å²) in [6.45, 7) is 5.07. The summed E-state index contributed by atoms with van der Waals surface area (Å²) in [5.74, 6) is 1.12. The fourth-order valence-corrected chi connectivity index (χ4v) is 3.74. The van der Waals surface area contributed by atoms with Crippen molar-refractivity contribution in [2.24, 2.45) is 5.92 Å². The number of hydrogen-bond acceptors (Lipinski definition) is 2. The lowest BCUT2D eigenvalue weighted by Gasteiger charge is -2.15. The second kappa shape index (κ2) is 6.09. The van der Waals surface area contributed by atoms with Crippen LogP contribution in [0.25, 0.3) is 0 Å². The van der Waals surface area contributed by atoms with Crippen molar-refractivity contribution in [1.82, 2.24) is 4.90 Å². The van der Waals surface area contributed by atoms with Gasteiger partial charge in [0.25, 0.3) is 0 Å². The van der Waals surface area contributed by atoms with Crippen LogP contribution in [0.1, 0.15) is 54.1 Å². The topological polar surface area (TPSA) is 20.3 Å². The molecule has 20 heavy (non-hydrogen) atoms. The number of aryl methyl sites for hydroxylation is 2. The molecule has 2 aliphatic rings. The molecule has 0 saturated carbocycles. The number of carbonyl (C=O) groups excluding carboxylic acids is 1. The molecule has 0 radical (unpaired) electrons. The van der Waals surface area contributed by atoms with E-state index in [2.05, 4.69) is 24.0 Å². The van der Waals surface area contributed by atoms with Crippen molar-refractivity contribution in [3.63, 3.8) is 0 Å². The molecule has 0 N–H and O–H groups in total. The van der Waals surface area contributed by atoms with Crippen LogP contribution in [0.5, 0.6) is 0 Å². The number of likely N-dealkylation sites (tertiary alicyclic amines) is 1. The number of carbonyl (C=O) groups is 1. The summed E-state index contributed by atoms with van der Waals surface area (Å²) in [4.78, 5) is 14.8. The van der Waals surface area contributed by atoms with Crippen LogP contribution in [-0.2, 0) is 12.8 Å². The first-order valence-corrected chi connectivity index (χ1v) is 8.13. The Balaban J connectivity index is 1.60. The van der Waals surface area contributed by atoms with Crippen LogP contribution in [0.4, 0.5) is 0 Å². The Kier molecular flexibility index (Phi) is 4.21. The third-order valence-electron chi connectivity index (χ3n) is 4.85. The molecule has 1 aromatic rings. The minimum Gasteiger partial charge on any atom is -0.296 e. The molecule has 0 bridgehead atoms. The maximum atomic E-state index is 12.4. The maximum Gasteiger partial charge on any atom is 0.176 e. The van der Waals surface area contributed by atoms with Gasteiger partial charge in [0.15, 0.2) is 5.78 Å². The van der Waals surface area contributed by atoms with Gasteiger partial charge in [-0.1, -0.05) is 25.5 Å². The highest BCUT2D eigenvalue weighted by Crippen LogP contribution is 2.24. The van der Waals surface area contributed by atoms with Crippen molar-refractivity contribution in [3.05, 3.63) is 34.9 Å². The van der Waals surface area contributed by atoms with Gasteiger partial charge in [-0.2, -0.15) is 0 Å². The maximum absolute atomic E-state index is 12.4. The molecule has 0 aromatic heterocycles. The van der Waals surface area contributed by atoms with Crippen LogP contribution >= 0.6 is 0 Å². The van der Waals surface area contributed by atoms with Crippen LogP contribution in [0.15, 0.2) is 18.2 Å². The predicted molar refractivity (Wildman–Crippen MR) is 82.3 cm³/mol. The first kappa shape index (κ1) is 13.8. The molecule has 1 saturated heterocycles. The van der Waals surface area contributed by atoms with E-state index in [1.165, 1.54) is 43.2 Å². The van der Waals surface area contributed by atoms with Gasteiger partial charge in [0, 0.05) is 12.1 Å². The van der Waals surface area contributed by atoms with Crippen LogP contribution < -0.4 is 0 Å². The monoisotopic (exact) mass is 271 g/mol. The van der Waals surface area contributed by atoms with Gasteiger partial charge in [0.2, 0.25) is 0 Å². The van der Waals surface area contributed by atoms with Crippen LogP contribution in [-0.4, -0.2) is 30.3 Å². The van der Waals surface area contributed by atoms with Crippen LogP contribution in [0.3, 0.4) is 0 Å². The highest BCUT2D eigenvalue weighted by atomic mass is 16.1. The normalized spacial score (nSPS) is 22.1. The van der Waals surface area contributed by atoms with Gasteiger partial charge in [-0.3, -0.25) is 9.69 Å². The second-order valence-corrected chi connectivity index (χ2v) is 6.44. The van der Waals surface area contributed by atoms with Crippen LogP contribution in [0, 0.1) is 5.92 Å². The lowest BCUT2D eigenvalue weighted by atomic mass is 10.0. The number of benzene rings is 1. The minimum atomic E-state index is 0.303. The number of fused-ring (bicyclic) bond motifs is 1. The van der Waals surface area contributed by atoms with E-state index in [1.54, 1.807) is 0 Å². The number of Topliss-reactive ketones (excluding diaryl/α,β-unsaturated/α-hetero) is 1. The summed E-state index contributed by atoms with van der Waals surface area (Å²) in [5.41, 5.74) is 3.77. The average Bonchev–Trinajstić information content (AvgIpc) is 3.07. The standard InChI is InChI=1S/C18H25NO/c1-2-4-14-9-10-19(12-14)13-18(20)17-8-7-15-5-3-6-16(15)11-17/h7-8,11,14H,2-6,9-10,12-13H2,1H3. The van der Waals surface area contributed by atoms with Crippen molar-refractivity contribution < 1.29 is 4.79 Å². The number of nitrogens with zero attached hydrogens (tertiary/aromatic N) is 1. The zero-order valence-corrected chi connectivity index (χ0v) is 12.5. The molecule has 1 atom stereocenters. The molecule has 2 heteroatoms. The smallest absolute Gasteiger partial charge is 0.176 e. The lowest BCUT2D eigenvalue weighted by molar-refractivity contribution is 0.0943. The second-order valence-electron chi connectivity index (χ2n) is 6.44. The molecule has 1 unspecified atom stereocenters. The molecule has 2 nitrogen and oxygen atoms in total. The van der Waals surface area contributed by atoms with Crippen molar-refractivity contribution in [2.75, 3.05) is 19.6 Å². The Hall–Kier alpha value is -1.15. The molecule has 1 aliphatic heterocycles. The Labute approximate surface area is 122 Å². The summed E-state index contributed by atoms with van der Waals surface area (Å²) in [6, 6.07) is 6.34. The van der Waals surface area contributed by atoms with E-state index in [1.807, 2.05) is 6.07 Å². The van der Waals surface area contributed by atoms with Gasteiger partial charge in [-0.05, 0) is 61.8 Å². The summed E-state index contributed by atoms with van der Waals surface area (Å²) < 4.78 is 0. The summed E-state index contributed by atoms with van der Waals surface area (Å²) in [7, 11) is 0. The number of hydrogen-bond donors (Lipinski definition) is 0. The third-order valence-corrected chi connectivity index (χ3v) is 4.85. The molecular weight excluding hydrogens is 246 g/mol. The fraction of sp³-hybridized carbons (Fsp3) is 0.611. The Morgan fingerprint density at radius 2 is 2.15 bits per heavy atom. The van der Waals surface area contributed by atoms with E-state index in [-0.39, 0.29) is 0 Å². The molecule has 108 valence electrons. The molecular formula is C18H25NO. The summed E-state index contributed by atoms with van der Waals surface area (Å²) >= 11 is 0. The molecule has 1 aliphatic carbocycles. The number of ketones is 1.